The molecular formula is C29H30N4O. The first kappa shape index (κ1) is 21.8. The van der Waals surface area contributed by atoms with Crippen molar-refractivity contribution < 1.29 is 0 Å². The van der Waals surface area contributed by atoms with Crippen molar-refractivity contribution in [2.45, 2.75) is 26.7 Å². The number of H-pyrrole nitrogens is 2. The zero-order valence-electron chi connectivity index (χ0n) is 19.9. The molecule has 172 valence electrons. The molecule has 3 aromatic carbocycles. The van der Waals surface area contributed by atoms with E-state index in [-0.39, 0.29) is 11.5 Å². The predicted molar refractivity (Wildman–Crippen MR) is 140 cm³/mol. The van der Waals surface area contributed by atoms with Crippen molar-refractivity contribution in [1.82, 2.24) is 14.8 Å². The maximum absolute atomic E-state index is 13.8. The standard InChI is InChI=1S/C29H30N4O/c1-4-32(5-2)22-17-15-21(16-18-22)28(25-19-30-26-14-10-9-13-24(25)26)27-20(3)31-33(29(27)34)23-11-7-6-8-12-23/h6-19,28,30-31H,4-5H2,1-3H3. The second-order valence-electron chi connectivity index (χ2n) is 8.61. The highest BCUT2D eigenvalue weighted by molar-refractivity contribution is 5.85. The molecule has 0 aliphatic heterocycles. The number of benzene rings is 3. The van der Waals surface area contributed by atoms with E-state index in [1.165, 1.54) is 5.69 Å². The van der Waals surface area contributed by atoms with E-state index in [0.717, 1.165) is 52.1 Å². The summed E-state index contributed by atoms with van der Waals surface area (Å²) in [6, 6.07) is 26.7. The molecule has 0 aliphatic carbocycles. The minimum Gasteiger partial charge on any atom is -0.372 e. The first-order chi connectivity index (χ1) is 16.6. The van der Waals surface area contributed by atoms with Gasteiger partial charge in [-0.25, -0.2) is 4.68 Å². The molecule has 0 aliphatic rings. The van der Waals surface area contributed by atoms with E-state index < -0.39 is 0 Å². The van der Waals surface area contributed by atoms with Crippen LogP contribution in [0.15, 0.2) is 89.9 Å². The molecule has 0 fully saturated rings. The summed E-state index contributed by atoms with van der Waals surface area (Å²) in [5.41, 5.74) is 6.91. The summed E-state index contributed by atoms with van der Waals surface area (Å²) >= 11 is 0. The Labute approximate surface area is 199 Å². The summed E-state index contributed by atoms with van der Waals surface area (Å²) in [6.07, 6.45) is 2.05. The second kappa shape index (κ2) is 9.10. The fraction of sp³-hybridized carbons (Fsp3) is 0.207. The molecule has 0 spiro atoms. The molecule has 0 bridgehead atoms. The number of hydrogen-bond donors (Lipinski definition) is 2. The van der Waals surface area contributed by atoms with Gasteiger partial charge in [-0.1, -0.05) is 48.5 Å². The molecule has 0 amide bonds. The topological polar surface area (TPSA) is 56.8 Å². The highest BCUT2D eigenvalue weighted by Crippen LogP contribution is 2.37. The van der Waals surface area contributed by atoms with Gasteiger partial charge in [0.05, 0.1) is 11.3 Å². The van der Waals surface area contributed by atoms with Crippen molar-refractivity contribution in [3.8, 4) is 5.69 Å². The first-order valence-corrected chi connectivity index (χ1v) is 11.9. The number of nitrogens with one attached hydrogen (secondary N) is 2. The lowest BCUT2D eigenvalue weighted by Crippen LogP contribution is -2.22. The third-order valence-electron chi connectivity index (χ3n) is 6.71. The van der Waals surface area contributed by atoms with Crippen molar-refractivity contribution in [2.24, 2.45) is 0 Å². The van der Waals surface area contributed by atoms with Gasteiger partial charge in [0.2, 0.25) is 0 Å². The monoisotopic (exact) mass is 450 g/mol. The van der Waals surface area contributed by atoms with Crippen LogP contribution < -0.4 is 10.5 Å². The van der Waals surface area contributed by atoms with Crippen molar-refractivity contribution in [3.05, 3.63) is 118 Å². The zero-order chi connectivity index (χ0) is 23.7. The van der Waals surface area contributed by atoms with Crippen LogP contribution in [-0.2, 0) is 0 Å². The van der Waals surface area contributed by atoms with Crippen LogP contribution in [0.4, 0.5) is 5.69 Å². The van der Waals surface area contributed by atoms with E-state index in [1.807, 2.05) is 55.6 Å². The van der Waals surface area contributed by atoms with Crippen LogP contribution >= 0.6 is 0 Å². The minimum absolute atomic E-state index is 0.0215. The Morgan fingerprint density at radius 2 is 1.56 bits per heavy atom. The molecule has 5 nitrogen and oxygen atoms in total. The quantitative estimate of drug-likeness (QED) is 0.320. The largest absolute Gasteiger partial charge is 0.372 e. The zero-order valence-corrected chi connectivity index (χ0v) is 19.9. The average Bonchev–Trinajstić information content (AvgIpc) is 3.43. The van der Waals surface area contributed by atoms with E-state index in [9.17, 15) is 4.79 Å². The molecule has 5 heteroatoms. The third kappa shape index (κ3) is 3.73. The van der Waals surface area contributed by atoms with Crippen molar-refractivity contribution in [1.29, 1.82) is 0 Å². The van der Waals surface area contributed by atoms with Gasteiger partial charge in [-0.05, 0) is 62.2 Å². The molecular weight excluding hydrogens is 420 g/mol. The lowest BCUT2D eigenvalue weighted by molar-refractivity contribution is 0.833. The van der Waals surface area contributed by atoms with Gasteiger partial charge in [0.25, 0.3) is 5.56 Å². The van der Waals surface area contributed by atoms with Gasteiger partial charge in [0, 0.05) is 47.5 Å². The van der Waals surface area contributed by atoms with Gasteiger partial charge in [0.1, 0.15) is 0 Å². The summed E-state index contributed by atoms with van der Waals surface area (Å²) in [5.74, 6) is -0.199. The van der Waals surface area contributed by atoms with E-state index in [4.69, 9.17) is 0 Å². The van der Waals surface area contributed by atoms with Crippen molar-refractivity contribution in [2.75, 3.05) is 18.0 Å². The number of nitrogens with zero attached hydrogens (tertiary/aromatic N) is 2. The Hall–Kier alpha value is -3.99. The lowest BCUT2D eigenvalue weighted by atomic mass is 9.85. The number of aromatic nitrogens is 3. The number of aryl methyl sites for hydroxylation is 1. The molecule has 2 heterocycles. The number of aromatic amines is 2. The van der Waals surface area contributed by atoms with Gasteiger partial charge in [-0.15, -0.1) is 0 Å². The number of fused-ring (bicyclic) bond motifs is 1. The van der Waals surface area contributed by atoms with E-state index in [1.54, 1.807) is 4.68 Å². The normalized spacial score (nSPS) is 12.2. The molecule has 2 aromatic heterocycles. The van der Waals surface area contributed by atoms with Crippen LogP contribution in [0.5, 0.6) is 0 Å². The lowest BCUT2D eigenvalue weighted by Gasteiger charge is -2.22. The van der Waals surface area contributed by atoms with Gasteiger partial charge in [-0.3, -0.25) is 9.89 Å². The molecule has 5 rings (SSSR count). The van der Waals surface area contributed by atoms with Gasteiger partial charge >= 0.3 is 0 Å². The Kier molecular flexibility index (Phi) is 5.84. The second-order valence-corrected chi connectivity index (χ2v) is 8.61. The van der Waals surface area contributed by atoms with Crippen LogP contribution in [0, 0.1) is 6.92 Å². The Bertz CT molecular complexity index is 1450. The number of hydrogen-bond acceptors (Lipinski definition) is 2. The first-order valence-electron chi connectivity index (χ1n) is 11.9. The summed E-state index contributed by atoms with van der Waals surface area (Å²) < 4.78 is 1.65. The average molecular weight is 451 g/mol. The molecule has 2 N–H and O–H groups in total. The van der Waals surface area contributed by atoms with Crippen LogP contribution in [0.2, 0.25) is 0 Å². The third-order valence-corrected chi connectivity index (χ3v) is 6.71. The molecule has 1 unspecified atom stereocenters. The minimum atomic E-state index is -0.199. The highest BCUT2D eigenvalue weighted by Gasteiger charge is 2.27. The molecule has 0 radical (unpaired) electrons. The SMILES string of the molecule is CCN(CC)c1ccc(C(c2c(C)[nH]n(-c3ccccc3)c2=O)c2c[nH]c3ccccc23)cc1. The number of rotatable bonds is 7. The summed E-state index contributed by atoms with van der Waals surface area (Å²) in [6.45, 7) is 8.24. The fourth-order valence-electron chi connectivity index (χ4n) is 4.96. The van der Waals surface area contributed by atoms with E-state index in [2.05, 4.69) is 65.2 Å². The van der Waals surface area contributed by atoms with Gasteiger partial charge < -0.3 is 9.88 Å². The predicted octanol–water partition coefficient (Wildman–Crippen LogP) is 5.98. The number of anilines is 1. The summed E-state index contributed by atoms with van der Waals surface area (Å²) in [4.78, 5) is 19.6. The maximum Gasteiger partial charge on any atom is 0.275 e. The van der Waals surface area contributed by atoms with Crippen LogP contribution in [0.1, 0.15) is 42.1 Å². The van der Waals surface area contributed by atoms with Gasteiger partial charge in [0.15, 0.2) is 0 Å². The number of para-hydroxylation sites is 2. The Morgan fingerprint density at radius 1 is 0.882 bits per heavy atom. The summed E-state index contributed by atoms with van der Waals surface area (Å²) in [7, 11) is 0. The van der Waals surface area contributed by atoms with Gasteiger partial charge in [-0.2, -0.15) is 0 Å². The summed E-state index contributed by atoms with van der Waals surface area (Å²) in [5, 5.41) is 4.45. The van der Waals surface area contributed by atoms with E-state index in [0.29, 0.717) is 0 Å². The fourth-order valence-corrected chi connectivity index (χ4v) is 4.96. The highest BCUT2D eigenvalue weighted by atomic mass is 16.1. The Morgan fingerprint density at radius 3 is 2.26 bits per heavy atom. The van der Waals surface area contributed by atoms with E-state index >= 15 is 0 Å². The van der Waals surface area contributed by atoms with Crippen molar-refractivity contribution in [3.63, 3.8) is 0 Å². The van der Waals surface area contributed by atoms with Crippen molar-refractivity contribution >= 4 is 16.6 Å². The molecule has 5 aromatic rings. The van der Waals surface area contributed by atoms with Crippen LogP contribution in [-0.4, -0.2) is 27.9 Å². The smallest absolute Gasteiger partial charge is 0.275 e. The van der Waals surface area contributed by atoms with Crippen LogP contribution in [0.25, 0.3) is 16.6 Å². The molecule has 34 heavy (non-hydrogen) atoms. The maximum atomic E-state index is 13.8. The Balaban J connectivity index is 1.71. The molecule has 0 saturated carbocycles. The molecule has 0 saturated heterocycles. The van der Waals surface area contributed by atoms with Crippen LogP contribution in [0.3, 0.4) is 0 Å². The molecule has 1 atom stereocenters.